The number of ether oxygens (including phenoxy) is 3. The molecule has 0 bridgehead atoms. The third-order valence-electron chi connectivity index (χ3n) is 7.84. The minimum Gasteiger partial charge on any atom is -0.434 e. The number of esters is 1. The van der Waals surface area contributed by atoms with Crippen LogP contribution in [0.4, 0.5) is 0 Å². The molecule has 2 fully saturated rings. The van der Waals surface area contributed by atoms with Crippen molar-refractivity contribution < 1.29 is 23.8 Å². The second kappa shape index (κ2) is 11.4. The lowest BCUT2D eigenvalue weighted by atomic mass is 10.00. The third kappa shape index (κ3) is 5.83. The van der Waals surface area contributed by atoms with Crippen molar-refractivity contribution in [2.75, 3.05) is 0 Å². The van der Waals surface area contributed by atoms with Crippen LogP contribution in [0.25, 0.3) is 0 Å². The Morgan fingerprint density at radius 2 is 1.56 bits per heavy atom. The van der Waals surface area contributed by atoms with Gasteiger partial charge in [-0.2, -0.15) is 0 Å². The molecule has 0 unspecified atom stereocenters. The lowest BCUT2D eigenvalue weighted by Crippen LogP contribution is -2.65. The fourth-order valence-electron chi connectivity index (χ4n) is 5.62. The Labute approximate surface area is 216 Å². The number of hydrogen-bond donors (Lipinski definition) is 1. The number of benzene rings is 2. The highest BCUT2D eigenvalue weighted by Crippen LogP contribution is 2.41. The fourth-order valence-corrected chi connectivity index (χ4v) is 9.40. The zero-order valence-electron chi connectivity index (χ0n) is 21.8. The molecule has 2 aromatic rings. The van der Waals surface area contributed by atoms with Crippen LogP contribution >= 0.6 is 0 Å². The van der Waals surface area contributed by atoms with Crippen LogP contribution in [-0.4, -0.2) is 43.7 Å². The molecule has 2 saturated heterocycles. The van der Waals surface area contributed by atoms with Gasteiger partial charge in [-0.3, -0.25) is 0 Å². The van der Waals surface area contributed by atoms with Crippen LogP contribution in [0.2, 0.25) is 5.04 Å². The van der Waals surface area contributed by atoms with Crippen LogP contribution in [-0.2, 0) is 19.0 Å². The molecule has 2 aromatic carbocycles. The van der Waals surface area contributed by atoms with Crippen LogP contribution in [0.3, 0.4) is 0 Å². The Balaban J connectivity index is 1.29. The molecule has 0 radical (unpaired) electrons. The topological polar surface area (TPSA) is 65.0 Å². The summed E-state index contributed by atoms with van der Waals surface area (Å²) in [6, 6.07) is 20.4. The van der Waals surface area contributed by atoms with E-state index in [0.29, 0.717) is 6.42 Å². The zero-order chi connectivity index (χ0) is 25.8. The van der Waals surface area contributed by atoms with E-state index in [9.17, 15) is 9.59 Å². The van der Waals surface area contributed by atoms with Crippen molar-refractivity contribution >= 4 is 24.7 Å². The molecule has 6 heteroatoms. The summed E-state index contributed by atoms with van der Waals surface area (Å²) < 4.78 is 17.0. The predicted molar refractivity (Wildman–Crippen MR) is 145 cm³/mol. The molecule has 194 valence electrons. The fraction of sp³-hybridized carbons (Fsp3) is 0.500. The van der Waals surface area contributed by atoms with Crippen LogP contribution in [0, 0.1) is 0 Å². The highest BCUT2D eigenvalue weighted by molar-refractivity contribution is 6.98. The van der Waals surface area contributed by atoms with Gasteiger partial charge in [0.15, 0.2) is 6.10 Å². The number of carbonyl (C=O) groups is 1. The molecule has 0 aliphatic carbocycles. The van der Waals surface area contributed by atoms with Gasteiger partial charge in [0, 0.05) is 6.42 Å². The number of cyclic esters (lactones) is 1. The molecular weight excluding hydrogens is 468 g/mol. The molecule has 2 aliphatic heterocycles. The number of carbonyl (C=O) groups excluding carboxylic acids is 1. The molecule has 2 heterocycles. The van der Waals surface area contributed by atoms with Crippen LogP contribution in [0.15, 0.2) is 72.8 Å². The summed E-state index contributed by atoms with van der Waals surface area (Å²) >= 11 is 0. The van der Waals surface area contributed by atoms with Gasteiger partial charge in [-0.1, -0.05) is 93.9 Å². The van der Waals surface area contributed by atoms with Crippen LogP contribution in [0.5, 0.6) is 0 Å². The quantitative estimate of drug-likeness (QED) is 0.203. The number of unbranched alkanes of at least 4 members (excludes halogenated alkanes) is 1. The van der Waals surface area contributed by atoms with Gasteiger partial charge in [0.25, 0.3) is 8.32 Å². The maximum Gasteiger partial charge on any atom is 0.337 e. The lowest BCUT2D eigenvalue weighted by Gasteiger charge is -2.41. The van der Waals surface area contributed by atoms with E-state index < -0.39 is 20.7 Å². The summed E-state index contributed by atoms with van der Waals surface area (Å²) in [4.78, 5) is 23.8. The first-order valence-corrected chi connectivity index (χ1v) is 15.2. The van der Waals surface area contributed by atoms with Gasteiger partial charge >= 0.3 is 5.97 Å². The van der Waals surface area contributed by atoms with Gasteiger partial charge in [-0.25, -0.2) is 4.79 Å². The highest BCUT2D eigenvalue weighted by Gasteiger charge is 2.49. The predicted octanol–water partition coefficient (Wildman–Crippen LogP) is 4.86. The molecule has 0 aromatic heterocycles. The largest absolute Gasteiger partial charge is 0.434 e. The van der Waals surface area contributed by atoms with Crippen molar-refractivity contribution in [2.24, 2.45) is 0 Å². The molecule has 4 atom stereocenters. The van der Waals surface area contributed by atoms with Crippen molar-refractivity contribution in [2.45, 2.75) is 95.4 Å². The molecule has 1 N–H and O–H groups in total. The Bertz CT molecular complexity index is 983. The van der Waals surface area contributed by atoms with Crippen LogP contribution < -0.4 is 10.4 Å². The lowest BCUT2D eigenvalue weighted by molar-refractivity contribution is -0.144. The Morgan fingerprint density at radius 3 is 2.11 bits per heavy atom. The maximum atomic E-state index is 12.3. The Hall–Kier alpha value is -2.25. The van der Waals surface area contributed by atoms with Crippen molar-refractivity contribution in [3.63, 3.8) is 0 Å². The molecule has 2 aliphatic rings. The second-order valence-electron chi connectivity index (χ2n) is 10.9. The van der Waals surface area contributed by atoms with E-state index in [-0.39, 0.29) is 23.2 Å². The van der Waals surface area contributed by atoms with E-state index in [0.717, 1.165) is 54.5 Å². The minimum absolute atomic E-state index is 0.00157. The van der Waals surface area contributed by atoms with Crippen molar-refractivity contribution in [1.82, 2.24) is 0 Å². The Morgan fingerprint density at radius 1 is 0.944 bits per heavy atom. The smallest absolute Gasteiger partial charge is 0.337 e. The molecule has 36 heavy (non-hydrogen) atoms. The SMILES string of the molecule is C=C1C[C@H](CCCCC(C)(C)[Si](O)(c2ccccc2)c2ccccc2)O[C@H]1CC[C@H]1OC(=O)[C@H](C)O1. The molecule has 4 rings (SSSR count). The first kappa shape index (κ1) is 26.8. The van der Waals surface area contributed by atoms with Crippen molar-refractivity contribution in [1.29, 1.82) is 0 Å². The standard InChI is InChI=1S/C30H40O5Si/c1-22-21-24(34-27(22)18-19-28-33-23(2)29(31)35-28)13-11-12-20-30(3,4)36(32,25-14-7-5-8-15-25)26-16-9-6-10-17-26/h5-10,14-17,23-24,27-28,32H,1,11-13,18-21H2,2-4H3/t23-,24-,27-,28+/m0/s1. The minimum atomic E-state index is -2.96. The van der Waals surface area contributed by atoms with E-state index in [1.165, 1.54) is 0 Å². The molecule has 0 saturated carbocycles. The van der Waals surface area contributed by atoms with E-state index in [1.54, 1.807) is 6.92 Å². The van der Waals surface area contributed by atoms with Crippen molar-refractivity contribution in [3.8, 4) is 0 Å². The summed E-state index contributed by atoms with van der Waals surface area (Å²) in [5.74, 6) is -0.290. The number of rotatable bonds is 11. The van der Waals surface area contributed by atoms with Crippen LogP contribution in [0.1, 0.15) is 65.7 Å². The zero-order valence-corrected chi connectivity index (χ0v) is 22.8. The highest BCUT2D eigenvalue weighted by atomic mass is 28.4. The van der Waals surface area contributed by atoms with Gasteiger partial charge in [0.05, 0.1) is 12.2 Å². The van der Waals surface area contributed by atoms with E-state index in [2.05, 4.69) is 44.7 Å². The van der Waals surface area contributed by atoms with Gasteiger partial charge in [0.1, 0.15) is 0 Å². The monoisotopic (exact) mass is 508 g/mol. The van der Waals surface area contributed by atoms with Gasteiger partial charge in [-0.05, 0) is 53.6 Å². The average Bonchev–Trinajstić information content (AvgIpc) is 3.40. The molecule has 5 nitrogen and oxygen atoms in total. The number of hydrogen-bond acceptors (Lipinski definition) is 5. The Kier molecular flexibility index (Phi) is 8.51. The van der Waals surface area contributed by atoms with E-state index >= 15 is 0 Å². The molecule has 0 amide bonds. The summed E-state index contributed by atoms with van der Waals surface area (Å²) in [6.45, 7) is 10.4. The summed E-state index contributed by atoms with van der Waals surface area (Å²) in [5, 5.41) is 1.89. The first-order valence-electron chi connectivity index (χ1n) is 13.2. The van der Waals surface area contributed by atoms with E-state index in [1.807, 2.05) is 36.4 Å². The molecular formula is C30H40O5Si. The average molecular weight is 509 g/mol. The summed E-state index contributed by atoms with van der Waals surface area (Å²) in [6.07, 6.45) is 5.48. The van der Waals surface area contributed by atoms with E-state index in [4.69, 9.17) is 14.2 Å². The normalized spacial score (nSPS) is 24.8. The maximum absolute atomic E-state index is 12.3. The van der Waals surface area contributed by atoms with Crippen molar-refractivity contribution in [3.05, 3.63) is 72.8 Å². The van der Waals surface area contributed by atoms with Gasteiger partial charge in [0.2, 0.25) is 6.29 Å². The second-order valence-corrected chi connectivity index (χ2v) is 14.8. The van der Waals surface area contributed by atoms with Gasteiger partial charge < -0.3 is 19.0 Å². The first-order chi connectivity index (χ1) is 17.2. The van der Waals surface area contributed by atoms with Gasteiger partial charge in [-0.15, -0.1) is 0 Å². The molecule has 0 spiro atoms. The third-order valence-corrected chi connectivity index (χ3v) is 12.4. The summed E-state index contributed by atoms with van der Waals surface area (Å²) in [7, 11) is -2.96. The summed E-state index contributed by atoms with van der Waals surface area (Å²) in [5.41, 5.74) is 1.12.